The average molecular weight is 746 g/mol. The van der Waals surface area contributed by atoms with Crippen molar-refractivity contribution in [1.29, 1.82) is 0 Å². The number of hydrogen-bond donors (Lipinski definition) is 1. The van der Waals surface area contributed by atoms with Gasteiger partial charge in [0, 0.05) is 27.8 Å². The molecule has 1 aromatic carbocycles. The Morgan fingerprint density at radius 3 is 1.79 bits per heavy atom. The van der Waals surface area contributed by atoms with Gasteiger partial charge in [0.25, 0.3) is 0 Å². The van der Waals surface area contributed by atoms with Gasteiger partial charge in [0.15, 0.2) is 18.9 Å². The van der Waals surface area contributed by atoms with Crippen LogP contribution in [0.1, 0.15) is 65.9 Å². The summed E-state index contributed by atoms with van der Waals surface area (Å²) in [4.78, 5) is 20.5. The molecule has 0 aromatic heterocycles. The van der Waals surface area contributed by atoms with Crippen molar-refractivity contribution in [1.82, 2.24) is 0 Å². The second kappa shape index (κ2) is 20.7. The van der Waals surface area contributed by atoms with Gasteiger partial charge in [0.05, 0.1) is 56.3 Å². The Labute approximate surface area is 308 Å². The van der Waals surface area contributed by atoms with E-state index >= 15 is 0 Å². The average Bonchev–Trinajstić information content (AvgIpc) is 3.14. The zero-order chi connectivity index (χ0) is 38.5. The molecule has 3 saturated heterocycles. The lowest BCUT2D eigenvalue weighted by Crippen LogP contribution is -2.62. The van der Waals surface area contributed by atoms with Crippen LogP contribution >= 0.6 is 0 Å². The lowest BCUT2D eigenvalue weighted by Gasteiger charge is -2.50. The molecule has 292 valence electrons. The van der Waals surface area contributed by atoms with Crippen LogP contribution < -0.4 is 0 Å². The predicted octanol–water partition coefficient (Wildman–Crippen LogP) is 6.00. The highest BCUT2D eigenvalue weighted by Crippen LogP contribution is 2.39. The second-order valence-electron chi connectivity index (χ2n) is 13.6. The highest BCUT2D eigenvalue weighted by molar-refractivity contribution is 5.68. The van der Waals surface area contributed by atoms with Crippen LogP contribution in [0.25, 0.3) is 31.3 Å². The summed E-state index contributed by atoms with van der Waals surface area (Å²) in [5.74, 6) is -1.20. The van der Waals surface area contributed by atoms with Crippen molar-refractivity contribution < 1.29 is 47.8 Å². The fraction of sp³-hybridized carbons (Fsp3) is 0.794. The Kier molecular flexibility index (Phi) is 16.4. The van der Waals surface area contributed by atoms with Gasteiger partial charge in [0.2, 0.25) is 0 Å². The molecule has 15 atom stereocenters. The predicted molar refractivity (Wildman–Crippen MR) is 187 cm³/mol. The minimum atomic E-state index is -1.31. The second-order valence-corrected chi connectivity index (χ2v) is 13.6. The summed E-state index contributed by atoms with van der Waals surface area (Å²) < 4.78 is 49.3. The van der Waals surface area contributed by atoms with Gasteiger partial charge in [-0.2, -0.15) is 0 Å². The molecule has 3 heterocycles. The Balaban J connectivity index is 1.61. The first kappa shape index (κ1) is 42.0. The number of aliphatic hydroxyl groups excluding tert-OH is 1. The van der Waals surface area contributed by atoms with Gasteiger partial charge in [0.1, 0.15) is 18.3 Å². The third-order valence-corrected chi connectivity index (χ3v) is 10.1. The first-order chi connectivity index (χ1) is 25.5. The summed E-state index contributed by atoms with van der Waals surface area (Å²) >= 11 is 0. The van der Waals surface area contributed by atoms with Crippen LogP contribution in [0.5, 0.6) is 0 Å². The number of methoxy groups -OCH3 is 1. The maximum absolute atomic E-state index is 11.5. The molecule has 0 amide bonds. The quantitative estimate of drug-likeness (QED) is 0.0639. The van der Waals surface area contributed by atoms with Crippen molar-refractivity contribution in [2.24, 2.45) is 27.2 Å². The summed E-state index contributed by atoms with van der Waals surface area (Å²) in [5, 5.41) is 23.2. The monoisotopic (exact) mass is 745 g/mol. The van der Waals surface area contributed by atoms with Crippen LogP contribution in [0.2, 0.25) is 0 Å². The van der Waals surface area contributed by atoms with Crippen LogP contribution in [0.3, 0.4) is 0 Å². The molecule has 0 bridgehead atoms. The normalized spacial score (nSPS) is 37.0. The fourth-order valence-electron chi connectivity index (χ4n) is 7.05. The number of ether oxygens (including phenoxy) is 8. The molecule has 3 aliphatic heterocycles. The molecular weight excluding hydrogens is 694 g/mol. The van der Waals surface area contributed by atoms with Gasteiger partial charge in [-0.1, -0.05) is 65.9 Å². The molecule has 4 rings (SSSR count). The van der Waals surface area contributed by atoms with E-state index < -0.39 is 91.6 Å². The van der Waals surface area contributed by atoms with Crippen LogP contribution in [0, 0.1) is 11.8 Å². The van der Waals surface area contributed by atoms with Crippen molar-refractivity contribution >= 4 is 5.97 Å². The van der Waals surface area contributed by atoms with E-state index in [9.17, 15) is 26.5 Å². The minimum Gasteiger partial charge on any atom is -0.469 e. The Bertz CT molecular complexity index is 1460. The Morgan fingerprint density at radius 2 is 1.23 bits per heavy atom. The summed E-state index contributed by atoms with van der Waals surface area (Å²) in [6.07, 6.45) is -6.99. The maximum Gasteiger partial charge on any atom is 0.305 e. The first-order valence-electron chi connectivity index (χ1n) is 18.0. The number of carbonyl (C=O) groups is 1. The smallest absolute Gasteiger partial charge is 0.305 e. The minimum absolute atomic E-state index is 0.0931. The van der Waals surface area contributed by atoms with E-state index in [-0.39, 0.29) is 12.6 Å². The largest absolute Gasteiger partial charge is 0.469 e. The number of carbonyl (C=O) groups excluding carboxylic acids is 1. The number of aliphatic hydroxyl groups is 1. The Hall–Kier alpha value is -3.70. The van der Waals surface area contributed by atoms with Crippen molar-refractivity contribution in [2.75, 3.05) is 13.7 Å². The topological polar surface area (TPSA) is 257 Å². The molecule has 53 heavy (non-hydrogen) atoms. The Morgan fingerprint density at radius 1 is 0.717 bits per heavy atom. The number of nitrogens with zero attached hydrogens (tertiary/aromatic N) is 9. The summed E-state index contributed by atoms with van der Waals surface area (Å²) in [7, 11) is 1.35. The number of esters is 1. The number of azide groups is 3. The van der Waals surface area contributed by atoms with E-state index in [0.717, 1.165) is 12.0 Å². The molecule has 3 aliphatic rings. The number of benzene rings is 1. The first-order valence-corrected chi connectivity index (χ1v) is 18.0. The van der Waals surface area contributed by atoms with Gasteiger partial charge in [-0.15, -0.1) is 0 Å². The van der Waals surface area contributed by atoms with Crippen molar-refractivity contribution in [3.8, 4) is 0 Å². The van der Waals surface area contributed by atoms with Crippen molar-refractivity contribution in [3.05, 3.63) is 67.2 Å². The van der Waals surface area contributed by atoms with Crippen LogP contribution in [0.4, 0.5) is 0 Å². The number of rotatable bonds is 17. The highest BCUT2D eigenvalue weighted by atomic mass is 16.8. The molecule has 6 unspecified atom stereocenters. The van der Waals surface area contributed by atoms with Gasteiger partial charge in [-0.25, -0.2) is 0 Å². The molecular formula is C34H51N9O10. The molecule has 1 N–H and O–H groups in total. The third kappa shape index (κ3) is 10.9. The van der Waals surface area contributed by atoms with E-state index in [1.54, 1.807) is 20.8 Å². The maximum atomic E-state index is 11.5. The highest BCUT2D eigenvalue weighted by Gasteiger charge is 2.52. The van der Waals surface area contributed by atoms with E-state index in [2.05, 4.69) is 30.1 Å². The van der Waals surface area contributed by atoms with Crippen LogP contribution in [-0.4, -0.2) is 105 Å². The van der Waals surface area contributed by atoms with E-state index in [1.165, 1.54) is 7.11 Å². The van der Waals surface area contributed by atoms with Crippen molar-refractivity contribution in [3.63, 3.8) is 0 Å². The van der Waals surface area contributed by atoms with Gasteiger partial charge >= 0.3 is 5.97 Å². The van der Waals surface area contributed by atoms with E-state index in [1.807, 2.05) is 44.2 Å². The molecule has 1 aromatic rings. The molecule has 0 spiro atoms. The molecule has 19 nitrogen and oxygen atoms in total. The third-order valence-electron chi connectivity index (χ3n) is 10.1. The summed E-state index contributed by atoms with van der Waals surface area (Å²) in [6, 6.07) is 7.06. The fourth-order valence-corrected chi connectivity index (χ4v) is 7.05. The number of hydrogen-bond acceptors (Lipinski definition) is 13. The summed E-state index contributed by atoms with van der Waals surface area (Å²) in [5.41, 5.74) is 28.8. The molecule has 0 saturated carbocycles. The van der Waals surface area contributed by atoms with E-state index in [0.29, 0.717) is 25.9 Å². The van der Waals surface area contributed by atoms with Gasteiger partial charge in [-0.05, 0) is 67.6 Å². The SMILES string of the molecule is COC(=O)CCCCCO[C@H]1OC(C)[C@@H](N=[N+]=[N-])[C@H](C)C1O[C@H]1OC(C)[C@@H](N=[N+]=[N-])[C@H](C)C1O[C@H]1OC(C)[C@@H](N=[N+]=[N-])[C@H](O)C1OCc1ccccc1. The van der Waals surface area contributed by atoms with Crippen LogP contribution in [-0.2, 0) is 49.3 Å². The zero-order valence-electron chi connectivity index (χ0n) is 30.9. The molecule has 19 heteroatoms. The number of unbranched alkanes of at least 4 members (excludes halogenated alkanes) is 2. The lowest BCUT2D eigenvalue weighted by molar-refractivity contribution is -0.367. The van der Waals surface area contributed by atoms with Crippen molar-refractivity contribution in [2.45, 2.75) is 147 Å². The van der Waals surface area contributed by atoms with Gasteiger partial charge in [-0.3, -0.25) is 4.79 Å². The molecule has 0 aliphatic carbocycles. The zero-order valence-corrected chi connectivity index (χ0v) is 30.9. The van der Waals surface area contributed by atoms with E-state index in [4.69, 9.17) is 37.9 Å². The summed E-state index contributed by atoms with van der Waals surface area (Å²) in [6.45, 7) is 9.30. The molecule has 0 radical (unpaired) electrons. The van der Waals surface area contributed by atoms with Crippen LogP contribution in [0.15, 0.2) is 45.7 Å². The standard InChI is InChI=1S/C34H51N9O10/c1-18-25(38-41-35)20(3)49-32(47-16-12-8-11-15-24(44)46-6)29(18)52-33-30(19(2)26(39-42-36)21(4)50-33)53-34-31(48-17-23-13-9-7-10-14-23)28(45)27(40-43-37)22(5)51-34/h7,9-10,13-14,18-22,25-34,45H,8,11-12,15-17H2,1-6H3/t18-,19-,20?,21?,22?,25-,26-,27+,28-,29?,30?,31?,32-,33+,34+/m0/s1. The molecule has 3 fully saturated rings. The lowest BCUT2D eigenvalue weighted by atomic mass is 9.87. The van der Waals surface area contributed by atoms with Gasteiger partial charge < -0.3 is 43.0 Å².